The molecule has 106 valence electrons. The highest BCUT2D eigenvalue weighted by atomic mass is 15.0. The van der Waals surface area contributed by atoms with E-state index < -0.39 is 0 Å². The molecule has 0 fully saturated rings. The van der Waals surface area contributed by atoms with Crippen molar-refractivity contribution in [3.05, 3.63) is 47.5 Å². The third-order valence-corrected chi connectivity index (χ3v) is 3.61. The molecule has 0 bridgehead atoms. The fourth-order valence-corrected chi connectivity index (χ4v) is 2.10. The minimum absolute atomic E-state index is 0.0891. The summed E-state index contributed by atoms with van der Waals surface area (Å²) in [7, 11) is 0. The van der Waals surface area contributed by atoms with Gasteiger partial charge in [-0.1, -0.05) is 36.8 Å². The molecule has 1 aromatic rings. The van der Waals surface area contributed by atoms with Gasteiger partial charge in [-0.2, -0.15) is 0 Å². The lowest BCUT2D eigenvalue weighted by Gasteiger charge is -2.32. The zero-order valence-corrected chi connectivity index (χ0v) is 13.4. The Labute approximate surface area is 119 Å². The number of benzene rings is 1. The van der Waals surface area contributed by atoms with Crippen molar-refractivity contribution in [2.75, 3.05) is 6.54 Å². The van der Waals surface area contributed by atoms with Gasteiger partial charge in [0.15, 0.2) is 0 Å². The second-order valence-electron chi connectivity index (χ2n) is 7.07. The van der Waals surface area contributed by atoms with Crippen LogP contribution in [0.5, 0.6) is 0 Å². The van der Waals surface area contributed by atoms with Crippen molar-refractivity contribution in [3.63, 3.8) is 0 Å². The van der Waals surface area contributed by atoms with Crippen molar-refractivity contribution < 1.29 is 0 Å². The summed E-state index contributed by atoms with van der Waals surface area (Å²) in [6.07, 6.45) is 3.13. The van der Waals surface area contributed by atoms with Gasteiger partial charge in [0, 0.05) is 17.5 Å². The normalized spacial score (nSPS) is 15.1. The predicted octanol–water partition coefficient (Wildman–Crippen LogP) is 4.43. The van der Waals surface area contributed by atoms with E-state index in [1.807, 2.05) is 0 Å². The Bertz CT molecular complexity index is 439. The van der Waals surface area contributed by atoms with E-state index in [2.05, 4.69) is 77.7 Å². The molecule has 0 aliphatic heterocycles. The van der Waals surface area contributed by atoms with Crippen LogP contribution in [0.1, 0.15) is 44.4 Å². The highest BCUT2D eigenvalue weighted by Gasteiger charge is 2.24. The molecular formula is C18H29N. The average molecular weight is 259 g/mol. The van der Waals surface area contributed by atoms with Crippen LogP contribution in [0.2, 0.25) is 0 Å². The lowest BCUT2D eigenvalue weighted by Crippen LogP contribution is -2.43. The van der Waals surface area contributed by atoms with Crippen LogP contribution in [-0.2, 0) is 6.42 Å². The van der Waals surface area contributed by atoms with E-state index in [4.69, 9.17) is 0 Å². The first-order valence-corrected chi connectivity index (χ1v) is 7.10. The van der Waals surface area contributed by atoms with Crippen LogP contribution in [0.15, 0.2) is 30.9 Å². The Morgan fingerprint density at radius 2 is 1.79 bits per heavy atom. The highest BCUT2D eigenvalue weighted by Crippen LogP contribution is 2.26. The largest absolute Gasteiger partial charge is 0.311 e. The number of nitrogens with one attached hydrogen (secondary N) is 1. The number of aryl methyl sites for hydroxylation is 2. The lowest BCUT2D eigenvalue weighted by atomic mass is 9.81. The lowest BCUT2D eigenvalue weighted by molar-refractivity contribution is 0.322. The summed E-state index contributed by atoms with van der Waals surface area (Å²) in [4.78, 5) is 0. The van der Waals surface area contributed by atoms with Crippen molar-refractivity contribution in [1.29, 1.82) is 0 Å². The van der Waals surface area contributed by atoms with Gasteiger partial charge in [0.25, 0.3) is 0 Å². The third-order valence-electron chi connectivity index (χ3n) is 3.61. The van der Waals surface area contributed by atoms with E-state index in [0.717, 1.165) is 13.0 Å². The molecule has 19 heavy (non-hydrogen) atoms. The van der Waals surface area contributed by atoms with Crippen LogP contribution >= 0.6 is 0 Å². The fourth-order valence-electron chi connectivity index (χ4n) is 2.10. The zero-order valence-electron chi connectivity index (χ0n) is 13.4. The quantitative estimate of drug-likeness (QED) is 0.772. The minimum atomic E-state index is 0.0891. The van der Waals surface area contributed by atoms with E-state index in [1.165, 1.54) is 16.7 Å². The van der Waals surface area contributed by atoms with Crippen LogP contribution < -0.4 is 5.32 Å². The molecule has 1 atom stereocenters. The molecule has 0 aliphatic carbocycles. The summed E-state index contributed by atoms with van der Waals surface area (Å²) in [6, 6.07) is 6.69. The van der Waals surface area contributed by atoms with Gasteiger partial charge in [-0.15, -0.1) is 6.58 Å². The second kappa shape index (κ2) is 5.92. The van der Waals surface area contributed by atoms with Crippen LogP contribution in [0, 0.1) is 19.3 Å². The first-order chi connectivity index (χ1) is 8.65. The van der Waals surface area contributed by atoms with E-state index in [-0.39, 0.29) is 11.0 Å². The Morgan fingerprint density at radius 3 is 2.32 bits per heavy atom. The molecule has 0 amide bonds. The molecule has 0 aromatic heterocycles. The molecular weight excluding hydrogens is 230 g/mol. The zero-order chi connectivity index (χ0) is 14.7. The molecule has 0 radical (unpaired) electrons. The summed E-state index contributed by atoms with van der Waals surface area (Å²) in [5, 5.41) is 3.60. The minimum Gasteiger partial charge on any atom is -0.311 e. The number of rotatable bonds is 5. The van der Waals surface area contributed by atoms with E-state index in [0.29, 0.717) is 0 Å². The van der Waals surface area contributed by atoms with Gasteiger partial charge in [-0.05, 0) is 52.2 Å². The molecule has 1 unspecified atom stereocenters. The molecule has 0 spiro atoms. The van der Waals surface area contributed by atoms with Gasteiger partial charge in [0.1, 0.15) is 0 Å². The van der Waals surface area contributed by atoms with Crippen LogP contribution in [-0.4, -0.2) is 12.1 Å². The molecule has 0 saturated carbocycles. The van der Waals surface area contributed by atoms with Crippen LogP contribution in [0.25, 0.3) is 0 Å². The van der Waals surface area contributed by atoms with Crippen molar-refractivity contribution in [2.24, 2.45) is 5.41 Å². The van der Waals surface area contributed by atoms with Crippen molar-refractivity contribution in [1.82, 2.24) is 5.32 Å². The van der Waals surface area contributed by atoms with E-state index >= 15 is 0 Å². The highest BCUT2D eigenvalue weighted by molar-refractivity contribution is 5.32. The Hall–Kier alpha value is -1.08. The summed E-state index contributed by atoms with van der Waals surface area (Å²) < 4.78 is 0. The van der Waals surface area contributed by atoms with Crippen LogP contribution in [0.4, 0.5) is 0 Å². The SMILES string of the molecule is C=CC(C)(CNC(C)(C)C)Cc1cc(C)ccc1C. The molecule has 0 aliphatic rings. The molecule has 1 rings (SSSR count). The first-order valence-electron chi connectivity index (χ1n) is 7.10. The van der Waals surface area contributed by atoms with Gasteiger partial charge in [-0.25, -0.2) is 0 Å². The van der Waals surface area contributed by atoms with Crippen LogP contribution in [0.3, 0.4) is 0 Å². The maximum atomic E-state index is 4.04. The smallest absolute Gasteiger partial charge is 0.00968 e. The van der Waals surface area contributed by atoms with Gasteiger partial charge in [-0.3, -0.25) is 0 Å². The third kappa shape index (κ3) is 5.20. The van der Waals surface area contributed by atoms with Crippen molar-refractivity contribution in [3.8, 4) is 0 Å². The topological polar surface area (TPSA) is 12.0 Å². The summed E-state index contributed by atoms with van der Waals surface area (Å²) >= 11 is 0. The molecule has 1 nitrogen and oxygen atoms in total. The fraction of sp³-hybridized carbons (Fsp3) is 0.556. The molecule has 1 aromatic carbocycles. The van der Waals surface area contributed by atoms with Gasteiger partial charge in [0.2, 0.25) is 0 Å². The maximum Gasteiger partial charge on any atom is 0.00968 e. The predicted molar refractivity (Wildman–Crippen MR) is 85.7 cm³/mol. The first kappa shape index (κ1) is 16.0. The Kier molecular flexibility index (Phi) is 4.98. The maximum absolute atomic E-state index is 4.04. The Morgan fingerprint density at radius 1 is 1.16 bits per heavy atom. The summed E-state index contributed by atoms with van der Waals surface area (Å²) in [6.45, 7) is 18.2. The Balaban J connectivity index is 2.85. The molecule has 0 heterocycles. The van der Waals surface area contributed by atoms with E-state index in [9.17, 15) is 0 Å². The van der Waals surface area contributed by atoms with E-state index in [1.54, 1.807) is 0 Å². The summed E-state index contributed by atoms with van der Waals surface area (Å²) in [5.41, 5.74) is 4.36. The van der Waals surface area contributed by atoms with Crippen molar-refractivity contribution in [2.45, 2.75) is 53.5 Å². The number of hydrogen-bond donors (Lipinski definition) is 1. The average Bonchev–Trinajstić information content (AvgIpc) is 2.31. The molecule has 1 N–H and O–H groups in total. The van der Waals surface area contributed by atoms with Crippen molar-refractivity contribution >= 4 is 0 Å². The van der Waals surface area contributed by atoms with Gasteiger partial charge < -0.3 is 5.32 Å². The second-order valence-corrected chi connectivity index (χ2v) is 7.07. The molecule has 1 heteroatoms. The summed E-state index contributed by atoms with van der Waals surface area (Å²) in [5.74, 6) is 0. The standard InChI is InChI=1S/C18H29N/c1-8-18(7,13-19-17(4,5)6)12-16-11-14(2)9-10-15(16)3/h8-11,19H,1,12-13H2,2-7H3. The number of hydrogen-bond acceptors (Lipinski definition) is 1. The monoisotopic (exact) mass is 259 g/mol. The van der Waals surface area contributed by atoms with Gasteiger partial charge >= 0.3 is 0 Å². The van der Waals surface area contributed by atoms with Gasteiger partial charge in [0.05, 0.1) is 0 Å². The molecule has 0 saturated heterocycles.